The fourth-order valence-corrected chi connectivity index (χ4v) is 7.86. The Kier molecular flexibility index (Phi) is 7.66. The second-order valence-corrected chi connectivity index (χ2v) is 13.8. The Morgan fingerprint density at radius 3 is 2.55 bits per heavy atom. The van der Waals surface area contributed by atoms with E-state index in [1.165, 1.54) is 18.2 Å². The van der Waals surface area contributed by atoms with Crippen molar-refractivity contribution in [2.45, 2.75) is 83.1 Å². The Labute approximate surface area is 282 Å². The minimum atomic E-state index is -2.76. The predicted molar refractivity (Wildman–Crippen MR) is 181 cm³/mol. The standard InChI is InChI=1S/C37H39F2N7O3/c1-19(41-36(47)26-7-5-4-6-25(26)34(38)39)28-12-10-22-14-30(44(35(22)42-28)18-21-8-9-21)33-20(2)45-31(43-33)15-23(16-32(45)49-3)37(48)46-24-11-13-29(46)27(40)17-24/h4-7,10,12,14-16,19,21,24,27,29,34H,8-9,11,13,17-18,40H2,1-3H3,(H,41,47)/t19-,24+,27-,29-/m1/s1. The van der Waals surface area contributed by atoms with Crippen LogP contribution in [-0.2, 0) is 6.54 Å². The molecule has 1 aliphatic carbocycles. The van der Waals surface area contributed by atoms with E-state index in [1.807, 2.05) is 34.4 Å². The Hall–Kier alpha value is -4.84. The summed E-state index contributed by atoms with van der Waals surface area (Å²) in [6.07, 6.45) is 2.24. The highest BCUT2D eigenvalue weighted by Crippen LogP contribution is 2.40. The van der Waals surface area contributed by atoms with Crippen LogP contribution in [0.4, 0.5) is 8.78 Å². The smallest absolute Gasteiger partial charge is 0.264 e. The summed E-state index contributed by atoms with van der Waals surface area (Å²) in [6, 6.07) is 15.0. The molecule has 2 bridgehead atoms. The van der Waals surface area contributed by atoms with Crippen molar-refractivity contribution < 1.29 is 23.1 Å². The fourth-order valence-electron chi connectivity index (χ4n) is 7.86. The molecule has 3 N–H and O–H groups in total. The number of rotatable bonds is 9. The molecule has 0 unspecified atom stereocenters. The van der Waals surface area contributed by atoms with Gasteiger partial charge in [-0.25, -0.2) is 18.7 Å². The molecule has 2 saturated heterocycles. The number of imidazole rings is 1. The van der Waals surface area contributed by atoms with E-state index in [0.29, 0.717) is 28.7 Å². The number of amides is 2. The first-order chi connectivity index (χ1) is 23.6. The molecular weight excluding hydrogens is 628 g/mol. The summed E-state index contributed by atoms with van der Waals surface area (Å²) in [7, 11) is 1.60. The zero-order chi connectivity index (χ0) is 34.1. The van der Waals surface area contributed by atoms with Gasteiger partial charge in [-0.1, -0.05) is 18.2 Å². The maximum absolute atomic E-state index is 13.8. The molecule has 1 aromatic carbocycles. The van der Waals surface area contributed by atoms with Crippen LogP contribution in [0, 0.1) is 12.8 Å². The Balaban J connectivity index is 1.16. The summed E-state index contributed by atoms with van der Waals surface area (Å²) in [5.74, 6) is 0.422. The second-order valence-electron chi connectivity index (χ2n) is 13.8. The summed E-state index contributed by atoms with van der Waals surface area (Å²) in [5.41, 5.74) is 11.0. The molecule has 3 aliphatic rings. The molecule has 49 heavy (non-hydrogen) atoms. The van der Waals surface area contributed by atoms with Gasteiger partial charge in [0.2, 0.25) is 0 Å². The summed E-state index contributed by atoms with van der Waals surface area (Å²) in [5, 5.41) is 3.78. The average Bonchev–Trinajstić information content (AvgIpc) is 3.42. The van der Waals surface area contributed by atoms with Gasteiger partial charge in [-0.05, 0) is 82.2 Å². The zero-order valence-corrected chi connectivity index (χ0v) is 27.7. The summed E-state index contributed by atoms with van der Waals surface area (Å²) in [6.45, 7) is 4.54. The normalized spacial score (nSPS) is 20.9. The highest BCUT2D eigenvalue weighted by atomic mass is 19.3. The Bertz CT molecular complexity index is 2120. The number of carbonyl (C=O) groups is 2. The molecule has 3 fully saturated rings. The van der Waals surface area contributed by atoms with Crippen LogP contribution in [-0.4, -0.2) is 60.9 Å². The number of benzene rings is 1. The first kappa shape index (κ1) is 31.4. The number of alkyl halides is 2. The number of aryl methyl sites for hydroxylation is 1. The number of hydrogen-bond acceptors (Lipinski definition) is 6. The number of aromatic nitrogens is 4. The van der Waals surface area contributed by atoms with E-state index in [2.05, 4.69) is 16.0 Å². The van der Waals surface area contributed by atoms with Gasteiger partial charge in [0.25, 0.3) is 18.2 Å². The second kappa shape index (κ2) is 11.9. The first-order valence-corrected chi connectivity index (χ1v) is 17.0. The van der Waals surface area contributed by atoms with E-state index in [4.69, 9.17) is 20.4 Å². The minimum absolute atomic E-state index is 0.0116. The van der Waals surface area contributed by atoms with Crippen molar-refractivity contribution in [3.05, 3.63) is 82.7 Å². The number of ether oxygens (including phenoxy) is 1. The monoisotopic (exact) mass is 667 g/mol. The highest BCUT2D eigenvalue weighted by molar-refractivity contribution is 5.97. The van der Waals surface area contributed by atoms with Crippen molar-refractivity contribution in [3.8, 4) is 17.3 Å². The van der Waals surface area contributed by atoms with Gasteiger partial charge < -0.3 is 25.3 Å². The lowest BCUT2D eigenvalue weighted by atomic mass is 9.97. The third-order valence-corrected chi connectivity index (χ3v) is 10.6. The van der Waals surface area contributed by atoms with Crippen molar-refractivity contribution in [1.82, 2.24) is 29.2 Å². The largest absolute Gasteiger partial charge is 0.482 e. The third-order valence-electron chi connectivity index (χ3n) is 10.6. The molecule has 1 saturated carbocycles. The molecule has 2 aliphatic heterocycles. The number of nitrogens with one attached hydrogen (secondary N) is 1. The minimum Gasteiger partial charge on any atom is -0.482 e. The number of pyridine rings is 2. The molecule has 4 atom stereocenters. The van der Waals surface area contributed by atoms with Crippen molar-refractivity contribution in [2.24, 2.45) is 11.7 Å². The van der Waals surface area contributed by atoms with Gasteiger partial charge in [0, 0.05) is 52.8 Å². The molecule has 10 nitrogen and oxygen atoms in total. The molecular formula is C37H39F2N7O3. The molecule has 0 spiro atoms. The van der Waals surface area contributed by atoms with Crippen LogP contribution in [0.1, 0.15) is 89.2 Å². The van der Waals surface area contributed by atoms with Gasteiger partial charge in [-0.3, -0.25) is 14.0 Å². The summed E-state index contributed by atoms with van der Waals surface area (Å²) >= 11 is 0. The Morgan fingerprint density at radius 2 is 1.86 bits per heavy atom. The first-order valence-electron chi connectivity index (χ1n) is 17.0. The van der Waals surface area contributed by atoms with E-state index in [-0.39, 0.29) is 35.2 Å². The van der Waals surface area contributed by atoms with Crippen LogP contribution in [0.15, 0.2) is 54.6 Å². The summed E-state index contributed by atoms with van der Waals surface area (Å²) in [4.78, 5) is 38.9. The van der Waals surface area contributed by atoms with E-state index >= 15 is 0 Å². The predicted octanol–water partition coefficient (Wildman–Crippen LogP) is 6.21. The lowest BCUT2D eigenvalue weighted by Gasteiger charge is -2.23. The number of nitrogens with zero attached hydrogens (tertiary/aromatic N) is 5. The molecule has 0 radical (unpaired) electrons. The average molecular weight is 668 g/mol. The number of halogens is 2. The van der Waals surface area contributed by atoms with Gasteiger partial charge in [0.15, 0.2) is 5.88 Å². The third kappa shape index (κ3) is 5.33. The van der Waals surface area contributed by atoms with Gasteiger partial charge in [-0.2, -0.15) is 0 Å². The number of nitrogens with two attached hydrogens (primary N) is 1. The molecule has 4 aromatic heterocycles. The quantitative estimate of drug-likeness (QED) is 0.193. The van der Waals surface area contributed by atoms with Crippen LogP contribution in [0.25, 0.3) is 28.1 Å². The molecule has 6 heterocycles. The van der Waals surface area contributed by atoms with Crippen molar-refractivity contribution >= 4 is 28.5 Å². The highest BCUT2D eigenvalue weighted by Gasteiger charge is 2.47. The lowest BCUT2D eigenvalue weighted by Crippen LogP contribution is -2.40. The van der Waals surface area contributed by atoms with Crippen LogP contribution in [0.5, 0.6) is 5.88 Å². The molecule has 2 amide bonds. The van der Waals surface area contributed by atoms with Gasteiger partial charge in [0.05, 0.1) is 30.2 Å². The van der Waals surface area contributed by atoms with Gasteiger partial charge in [0.1, 0.15) is 17.0 Å². The van der Waals surface area contributed by atoms with Crippen LogP contribution >= 0.6 is 0 Å². The van der Waals surface area contributed by atoms with E-state index < -0.39 is 18.4 Å². The van der Waals surface area contributed by atoms with Crippen molar-refractivity contribution in [3.63, 3.8) is 0 Å². The van der Waals surface area contributed by atoms with E-state index in [0.717, 1.165) is 66.8 Å². The number of methoxy groups -OCH3 is 1. The number of fused-ring (bicyclic) bond motifs is 4. The zero-order valence-electron chi connectivity index (χ0n) is 27.7. The molecule has 8 rings (SSSR count). The van der Waals surface area contributed by atoms with E-state index in [1.54, 1.807) is 26.2 Å². The van der Waals surface area contributed by atoms with Gasteiger partial charge >= 0.3 is 0 Å². The summed E-state index contributed by atoms with van der Waals surface area (Å²) < 4.78 is 37.1. The van der Waals surface area contributed by atoms with Gasteiger partial charge in [-0.15, -0.1) is 0 Å². The van der Waals surface area contributed by atoms with Crippen molar-refractivity contribution in [1.29, 1.82) is 0 Å². The number of carbonyl (C=O) groups excluding carboxylic acids is 2. The maximum atomic E-state index is 13.8. The maximum Gasteiger partial charge on any atom is 0.264 e. The topological polar surface area (TPSA) is 120 Å². The fraction of sp³-hybridized carbons (Fsp3) is 0.405. The lowest BCUT2D eigenvalue weighted by molar-refractivity contribution is 0.0725. The Morgan fingerprint density at radius 1 is 1.06 bits per heavy atom. The van der Waals surface area contributed by atoms with Crippen LogP contribution < -0.4 is 15.8 Å². The molecule has 12 heteroatoms. The molecule has 5 aromatic rings. The SMILES string of the molecule is COc1cc(C(=O)N2[C@H]3CC[C@@H]2[C@H](N)C3)cc2nc(-c3cc4ccc([C@@H](C)NC(=O)c5ccccc5C(F)F)nc4n3CC3CC3)c(C)n12. The van der Waals surface area contributed by atoms with Crippen molar-refractivity contribution in [2.75, 3.05) is 7.11 Å². The van der Waals surface area contributed by atoms with Crippen LogP contribution in [0.3, 0.4) is 0 Å². The molecule has 254 valence electrons. The van der Waals surface area contributed by atoms with E-state index in [9.17, 15) is 18.4 Å². The number of hydrogen-bond donors (Lipinski definition) is 2. The van der Waals surface area contributed by atoms with Crippen LogP contribution in [0.2, 0.25) is 0 Å².